The van der Waals surface area contributed by atoms with E-state index in [0.717, 1.165) is 18.4 Å². The molecule has 0 atom stereocenters. The molecule has 0 radical (unpaired) electrons. The molecule has 0 saturated heterocycles. The number of benzene rings is 2. The molecule has 0 unspecified atom stereocenters. The molecule has 1 aliphatic rings. The minimum atomic E-state index is -0.111. The summed E-state index contributed by atoms with van der Waals surface area (Å²) in [6, 6.07) is 16.3. The predicted molar refractivity (Wildman–Crippen MR) is 98.5 cm³/mol. The van der Waals surface area contributed by atoms with Crippen molar-refractivity contribution in [3.8, 4) is 6.07 Å². The minimum absolute atomic E-state index is 0.0837. The first-order valence-electron chi connectivity index (χ1n) is 8.72. The van der Waals surface area contributed by atoms with Crippen molar-refractivity contribution in [1.82, 2.24) is 10.2 Å². The summed E-state index contributed by atoms with van der Waals surface area (Å²) in [5, 5.41) is 11.8. The first-order valence-corrected chi connectivity index (χ1v) is 8.72. The van der Waals surface area contributed by atoms with Gasteiger partial charge in [-0.05, 0) is 61.2 Å². The standard InChI is InChI=1S/C21H21N3O2/c1-24(14-16-7-5-15(13-22)6-8-16)21(26)18-11-9-17(10-12-18)20(25)23-19-3-2-4-19/h5-12,19H,2-4,14H2,1H3,(H,23,25). The third-order valence-corrected chi connectivity index (χ3v) is 4.68. The molecule has 0 aliphatic heterocycles. The Hall–Kier alpha value is -3.13. The summed E-state index contributed by atoms with van der Waals surface area (Å²) in [7, 11) is 1.73. The number of nitrogens with zero attached hydrogens (tertiary/aromatic N) is 2. The lowest BCUT2D eigenvalue weighted by Crippen LogP contribution is -2.39. The third-order valence-electron chi connectivity index (χ3n) is 4.68. The maximum absolute atomic E-state index is 12.6. The molecule has 0 bridgehead atoms. The van der Waals surface area contributed by atoms with Crippen LogP contribution in [0.2, 0.25) is 0 Å². The van der Waals surface area contributed by atoms with Crippen LogP contribution in [0.3, 0.4) is 0 Å². The van der Waals surface area contributed by atoms with Crippen molar-refractivity contribution in [3.63, 3.8) is 0 Å². The summed E-state index contributed by atoms with van der Waals surface area (Å²) in [6.07, 6.45) is 3.26. The van der Waals surface area contributed by atoms with Gasteiger partial charge in [0.1, 0.15) is 0 Å². The number of carbonyl (C=O) groups excluding carboxylic acids is 2. The van der Waals surface area contributed by atoms with Crippen LogP contribution >= 0.6 is 0 Å². The molecule has 5 nitrogen and oxygen atoms in total. The predicted octanol–water partition coefficient (Wildman–Crippen LogP) is 3.11. The van der Waals surface area contributed by atoms with E-state index >= 15 is 0 Å². The lowest BCUT2D eigenvalue weighted by atomic mass is 9.93. The molecular formula is C21H21N3O2. The third kappa shape index (κ3) is 4.09. The Balaban J connectivity index is 1.61. The van der Waals surface area contributed by atoms with Gasteiger partial charge in [0.05, 0.1) is 11.6 Å². The van der Waals surface area contributed by atoms with Crippen LogP contribution in [0.25, 0.3) is 0 Å². The second-order valence-electron chi connectivity index (χ2n) is 6.65. The Morgan fingerprint density at radius 1 is 1.08 bits per heavy atom. The van der Waals surface area contributed by atoms with Crippen molar-refractivity contribution in [2.24, 2.45) is 0 Å². The van der Waals surface area contributed by atoms with Crippen molar-refractivity contribution in [3.05, 3.63) is 70.8 Å². The van der Waals surface area contributed by atoms with Crippen molar-refractivity contribution >= 4 is 11.8 Å². The van der Waals surface area contributed by atoms with Crippen molar-refractivity contribution in [2.75, 3.05) is 7.05 Å². The molecule has 0 heterocycles. The van der Waals surface area contributed by atoms with Gasteiger partial charge in [0.15, 0.2) is 0 Å². The van der Waals surface area contributed by atoms with Gasteiger partial charge in [-0.1, -0.05) is 12.1 Å². The van der Waals surface area contributed by atoms with Crippen LogP contribution in [-0.2, 0) is 6.54 Å². The van der Waals surface area contributed by atoms with Crippen LogP contribution in [-0.4, -0.2) is 29.8 Å². The van der Waals surface area contributed by atoms with Gasteiger partial charge < -0.3 is 10.2 Å². The van der Waals surface area contributed by atoms with E-state index in [-0.39, 0.29) is 11.8 Å². The van der Waals surface area contributed by atoms with Crippen molar-refractivity contribution < 1.29 is 9.59 Å². The highest BCUT2D eigenvalue weighted by molar-refractivity contribution is 5.97. The molecule has 2 aromatic rings. The van der Waals surface area contributed by atoms with E-state index < -0.39 is 0 Å². The monoisotopic (exact) mass is 347 g/mol. The van der Waals surface area contributed by atoms with Gasteiger partial charge in [0.2, 0.25) is 0 Å². The number of rotatable bonds is 5. The van der Waals surface area contributed by atoms with Crippen LogP contribution in [0.5, 0.6) is 0 Å². The van der Waals surface area contributed by atoms with Gasteiger partial charge in [-0.15, -0.1) is 0 Å². The number of nitrogens with one attached hydrogen (secondary N) is 1. The van der Waals surface area contributed by atoms with E-state index in [2.05, 4.69) is 11.4 Å². The zero-order valence-electron chi connectivity index (χ0n) is 14.7. The Labute approximate surface area is 153 Å². The number of amides is 2. The molecule has 0 aromatic heterocycles. The summed E-state index contributed by atoms with van der Waals surface area (Å²) in [4.78, 5) is 26.3. The molecule has 1 aliphatic carbocycles. The highest BCUT2D eigenvalue weighted by Crippen LogP contribution is 2.19. The quantitative estimate of drug-likeness (QED) is 0.903. The Morgan fingerprint density at radius 2 is 1.69 bits per heavy atom. The van der Waals surface area contributed by atoms with E-state index in [1.165, 1.54) is 6.42 Å². The highest BCUT2D eigenvalue weighted by atomic mass is 16.2. The molecule has 2 amide bonds. The molecule has 1 N–H and O–H groups in total. The first kappa shape index (κ1) is 17.7. The zero-order chi connectivity index (χ0) is 18.5. The molecule has 0 spiro atoms. The Kier molecular flexibility index (Phi) is 5.33. The van der Waals surface area contributed by atoms with Gasteiger partial charge in [-0.3, -0.25) is 9.59 Å². The molecule has 26 heavy (non-hydrogen) atoms. The maximum Gasteiger partial charge on any atom is 0.253 e. The number of hydrogen-bond acceptors (Lipinski definition) is 3. The topological polar surface area (TPSA) is 73.2 Å². The SMILES string of the molecule is CN(Cc1ccc(C#N)cc1)C(=O)c1ccc(C(=O)NC2CCC2)cc1. The highest BCUT2D eigenvalue weighted by Gasteiger charge is 2.20. The van der Waals surface area contributed by atoms with Gasteiger partial charge in [-0.2, -0.15) is 5.26 Å². The molecule has 5 heteroatoms. The summed E-state index contributed by atoms with van der Waals surface area (Å²) >= 11 is 0. The van der Waals surface area contributed by atoms with E-state index in [1.54, 1.807) is 48.3 Å². The first-order chi connectivity index (χ1) is 12.6. The van der Waals surface area contributed by atoms with Crippen LogP contribution in [0.15, 0.2) is 48.5 Å². The fourth-order valence-corrected chi connectivity index (χ4v) is 2.84. The second kappa shape index (κ2) is 7.83. The van der Waals surface area contributed by atoms with E-state index in [0.29, 0.717) is 29.3 Å². The summed E-state index contributed by atoms with van der Waals surface area (Å²) in [5.74, 6) is -0.194. The smallest absolute Gasteiger partial charge is 0.253 e. The Bertz CT molecular complexity index is 831. The molecule has 1 fully saturated rings. The fraction of sp³-hybridized carbons (Fsp3) is 0.286. The molecular weight excluding hydrogens is 326 g/mol. The van der Waals surface area contributed by atoms with Gasteiger partial charge in [-0.25, -0.2) is 0 Å². The van der Waals surface area contributed by atoms with Gasteiger partial charge >= 0.3 is 0 Å². The number of carbonyl (C=O) groups is 2. The molecule has 132 valence electrons. The average Bonchev–Trinajstić information content (AvgIpc) is 2.64. The second-order valence-corrected chi connectivity index (χ2v) is 6.65. The molecule has 2 aromatic carbocycles. The number of hydrogen-bond donors (Lipinski definition) is 1. The lowest BCUT2D eigenvalue weighted by molar-refractivity contribution is 0.0784. The van der Waals surface area contributed by atoms with Crippen LogP contribution in [0, 0.1) is 11.3 Å². The van der Waals surface area contributed by atoms with Crippen LogP contribution in [0.4, 0.5) is 0 Å². The summed E-state index contributed by atoms with van der Waals surface area (Å²) in [5.41, 5.74) is 2.67. The van der Waals surface area contributed by atoms with E-state index in [1.807, 2.05) is 12.1 Å². The van der Waals surface area contributed by atoms with E-state index in [9.17, 15) is 9.59 Å². The summed E-state index contributed by atoms with van der Waals surface area (Å²) < 4.78 is 0. The van der Waals surface area contributed by atoms with Crippen LogP contribution in [0.1, 0.15) is 51.1 Å². The fourth-order valence-electron chi connectivity index (χ4n) is 2.84. The average molecular weight is 347 g/mol. The van der Waals surface area contributed by atoms with Gasteiger partial charge in [0.25, 0.3) is 11.8 Å². The van der Waals surface area contributed by atoms with E-state index in [4.69, 9.17) is 5.26 Å². The maximum atomic E-state index is 12.6. The minimum Gasteiger partial charge on any atom is -0.349 e. The number of nitriles is 1. The summed E-state index contributed by atoms with van der Waals surface area (Å²) in [6.45, 7) is 0.453. The largest absolute Gasteiger partial charge is 0.349 e. The molecule has 1 saturated carbocycles. The Morgan fingerprint density at radius 3 is 2.23 bits per heavy atom. The molecule has 3 rings (SSSR count). The van der Waals surface area contributed by atoms with Crippen LogP contribution < -0.4 is 5.32 Å². The lowest BCUT2D eigenvalue weighted by Gasteiger charge is -2.26. The zero-order valence-corrected chi connectivity index (χ0v) is 14.7. The van der Waals surface area contributed by atoms with Crippen molar-refractivity contribution in [1.29, 1.82) is 5.26 Å². The normalized spacial score (nSPS) is 13.4. The van der Waals surface area contributed by atoms with Gasteiger partial charge in [0, 0.05) is 30.8 Å². The van der Waals surface area contributed by atoms with Crippen molar-refractivity contribution in [2.45, 2.75) is 31.8 Å².